The first-order valence-corrected chi connectivity index (χ1v) is 3.72. The van der Waals surface area contributed by atoms with Gasteiger partial charge in [-0.25, -0.2) is 9.78 Å². The van der Waals surface area contributed by atoms with Gasteiger partial charge in [-0.05, 0) is 24.6 Å². The number of aryl methyl sites for hydroxylation is 1. The lowest BCUT2D eigenvalue weighted by atomic mass is 10.2. The van der Waals surface area contributed by atoms with Crippen LogP contribution in [-0.4, -0.2) is 16.1 Å². The number of carboxylic acids is 1. The molecule has 3 N–H and O–H groups in total. The van der Waals surface area contributed by atoms with Gasteiger partial charge in [0.1, 0.15) is 5.82 Å². The standard InChI is InChI=1S/C9H10N2O2/c1-6-4-7(2-3-8(12)13)9(10)11-5-6/h2-5H,1H3,(H2,10,11)(H,12,13)/b3-2+. The molecule has 4 heteroatoms. The third-order valence-electron chi connectivity index (χ3n) is 1.49. The summed E-state index contributed by atoms with van der Waals surface area (Å²) in [5, 5.41) is 8.39. The summed E-state index contributed by atoms with van der Waals surface area (Å²) in [5.41, 5.74) is 7.09. The average Bonchev–Trinajstić information content (AvgIpc) is 2.06. The minimum atomic E-state index is -0.999. The van der Waals surface area contributed by atoms with E-state index >= 15 is 0 Å². The fourth-order valence-electron chi connectivity index (χ4n) is 0.897. The summed E-state index contributed by atoms with van der Waals surface area (Å²) in [7, 11) is 0. The van der Waals surface area contributed by atoms with Gasteiger partial charge < -0.3 is 10.8 Å². The number of nitrogens with zero attached hydrogens (tertiary/aromatic N) is 1. The number of aromatic nitrogens is 1. The number of hydrogen-bond donors (Lipinski definition) is 2. The molecule has 1 aromatic heterocycles. The number of aliphatic carboxylic acids is 1. The van der Waals surface area contributed by atoms with E-state index in [0.29, 0.717) is 11.4 Å². The van der Waals surface area contributed by atoms with Crippen molar-refractivity contribution in [3.05, 3.63) is 29.5 Å². The van der Waals surface area contributed by atoms with Crippen LogP contribution in [0.2, 0.25) is 0 Å². The molecule has 0 atom stereocenters. The quantitative estimate of drug-likeness (QED) is 0.664. The summed E-state index contributed by atoms with van der Waals surface area (Å²) < 4.78 is 0. The molecule has 1 aromatic rings. The lowest BCUT2D eigenvalue weighted by Gasteiger charge is -1.99. The highest BCUT2D eigenvalue weighted by Gasteiger charge is 1.97. The predicted octanol–water partition coefficient (Wildman–Crippen LogP) is 1.07. The van der Waals surface area contributed by atoms with Crippen LogP contribution in [0.1, 0.15) is 11.1 Å². The van der Waals surface area contributed by atoms with Crippen molar-refractivity contribution >= 4 is 17.9 Å². The largest absolute Gasteiger partial charge is 0.478 e. The van der Waals surface area contributed by atoms with Crippen LogP contribution in [-0.2, 0) is 4.79 Å². The molecule has 0 aromatic carbocycles. The number of nitrogen functional groups attached to an aromatic ring is 1. The van der Waals surface area contributed by atoms with E-state index < -0.39 is 5.97 Å². The first-order valence-electron chi connectivity index (χ1n) is 3.72. The van der Waals surface area contributed by atoms with Gasteiger partial charge in [0.15, 0.2) is 0 Å². The van der Waals surface area contributed by atoms with Crippen LogP contribution >= 0.6 is 0 Å². The van der Waals surface area contributed by atoms with Crippen LogP contribution in [0.4, 0.5) is 5.82 Å². The average molecular weight is 178 g/mol. The molecule has 1 rings (SSSR count). The third kappa shape index (κ3) is 2.59. The number of rotatable bonds is 2. The van der Waals surface area contributed by atoms with Crippen LogP contribution in [0.5, 0.6) is 0 Å². The van der Waals surface area contributed by atoms with Gasteiger partial charge in [0.2, 0.25) is 0 Å². The number of carboxylic acid groups (broad SMARTS) is 1. The Kier molecular flexibility index (Phi) is 2.64. The van der Waals surface area contributed by atoms with Crippen molar-refractivity contribution in [2.24, 2.45) is 0 Å². The lowest BCUT2D eigenvalue weighted by molar-refractivity contribution is -0.131. The highest BCUT2D eigenvalue weighted by molar-refractivity contribution is 5.86. The molecule has 0 aliphatic rings. The molecule has 1 heterocycles. The minimum Gasteiger partial charge on any atom is -0.478 e. The van der Waals surface area contributed by atoms with Crippen molar-refractivity contribution in [1.29, 1.82) is 0 Å². The fraction of sp³-hybridized carbons (Fsp3) is 0.111. The summed E-state index contributed by atoms with van der Waals surface area (Å²) >= 11 is 0. The van der Waals surface area contributed by atoms with Crippen molar-refractivity contribution < 1.29 is 9.90 Å². The Labute approximate surface area is 75.7 Å². The smallest absolute Gasteiger partial charge is 0.328 e. The summed E-state index contributed by atoms with van der Waals surface area (Å²) in [4.78, 5) is 14.1. The van der Waals surface area contributed by atoms with E-state index in [1.165, 1.54) is 6.08 Å². The van der Waals surface area contributed by atoms with E-state index in [0.717, 1.165) is 11.6 Å². The molecule has 4 nitrogen and oxygen atoms in total. The maximum absolute atomic E-state index is 10.2. The summed E-state index contributed by atoms with van der Waals surface area (Å²) in [5.74, 6) is -0.663. The summed E-state index contributed by atoms with van der Waals surface area (Å²) in [6.45, 7) is 1.87. The second-order valence-electron chi connectivity index (χ2n) is 2.66. The van der Waals surface area contributed by atoms with E-state index in [2.05, 4.69) is 4.98 Å². The normalized spacial score (nSPS) is 10.5. The van der Waals surface area contributed by atoms with Crippen LogP contribution < -0.4 is 5.73 Å². The topological polar surface area (TPSA) is 76.2 Å². The van der Waals surface area contributed by atoms with E-state index in [9.17, 15) is 4.79 Å². The molecule has 0 bridgehead atoms. The molecule has 0 aliphatic carbocycles. The second kappa shape index (κ2) is 3.71. The molecular formula is C9H10N2O2. The molecule has 0 fully saturated rings. The molecule has 68 valence electrons. The van der Waals surface area contributed by atoms with E-state index in [-0.39, 0.29) is 0 Å². The van der Waals surface area contributed by atoms with Crippen LogP contribution in [0.25, 0.3) is 6.08 Å². The van der Waals surface area contributed by atoms with Crippen molar-refractivity contribution in [3.8, 4) is 0 Å². The van der Waals surface area contributed by atoms with E-state index in [4.69, 9.17) is 10.8 Å². The number of nitrogens with two attached hydrogens (primary N) is 1. The first kappa shape index (κ1) is 9.25. The van der Waals surface area contributed by atoms with Gasteiger partial charge in [-0.1, -0.05) is 0 Å². The Bertz CT molecular complexity index is 359. The molecule has 0 saturated heterocycles. The highest BCUT2D eigenvalue weighted by atomic mass is 16.4. The molecule has 0 radical (unpaired) electrons. The van der Waals surface area contributed by atoms with Gasteiger partial charge in [0.25, 0.3) is 0 Å². The maximum atomic E-state index is 10.2. The highest BCUT2D eigenvalue weighted by Crippen LogP contribution is 2.11. The van der Waals surface area contributed by atoms with Crippen molar-refractivity contribution in [1.82, 2.24) is 4.98 Å². The molecule has 0 unspecified atom stereocenters. The predicted molar refractivity (Wildman–Crippen MR) is 50.1 cm³/mol. The van der Waals surface area contributed by atoms with Gasteiger partial charge in [-0.2, -0.15) is 0 Å². The minimum absolute atomic E-state index is 0.336. The van der Waals surface area contributed by atoms with Gasteiger partial charge in [0, 0.05) is 17.8 Å². The van der Waals surface area contributed by atoms with Gasteiger partial charge in [-0.3, -0.25) is 0 Å². The Hall–Kier alpha value is -1.84. The van der Waals surface area contributed by atoms with Crippen LogP contribution in [0.3, 0.4) is 0 Å². The fourth-order valence-corrected chi connectivity index (χ4v) is 0.897. The number of anilines is 1. The third-order valence-corrected chi connectivity index (χ3v) is 1.49. The zero-order chi connectivity index (χ0) is 9.84. The van der Waals surface area contributed by atoms with Crippen molar-refractivity contribution in [2.75, 3.05) is 5.73 Å². The van der Waals surface area contributed by atoms with Crippen molar-refractivity contribution in [2.45, 2.75) is 6.92 Å². The first-order chi connectivity index (χ1) is 6.09. The zero-order valence-electron chi connectivity index (χ0n) is 7.19. The van der Waals surface area contributed by atoms with E-state index in [1.54, 1.807) is 12.3 Å². The Morgan fingerprint density at radius 2 is 2.38 bits per heavy atom. The number of hydrogen-bond acceptors (Lipinski definition) is 3. The molecular weight excluding hydrogens is 168 g/mol. The summed E-state index contributed by atoms with van der Waals surface area (Å²) in [6.07, 6.45) is 4.10. The SMILES string of the molecule is Cc1cnc(N)c(/C=C/C(=O)O)c1. The van der Waals surface area contributed by atoms with Crippen molar-refractivity contribution in [3.63, 3.8) is 0 Å². The molecule has 0 aliphatic heterocycles. The Morgan fingerprint density at radius 3 is 3.00 bits per heavy atom. The van der Waals surface area contributed by atoms with Crippen LogP contribution in [0.15, 0.2) is 18.3 Å². The monoisotopic (exact) mass is 178 g/mol. The van der Waals surface area contributed by atoms with E-state index in [1.807, 2.05) is 6.92 Å². The summed E-state index contributed by atoms with van der Waals surface area (Å²) in [6, 6.07) is 1.78. The molecule has 0 spiro atoms. The van der Waals surface area contributed by atoms with Gasteiger partial charge in [0.05, 0.1) is 0 Å². The zero-order valence-corrected chi connectivity index (χ0v) is 7.19. The van der Waals surface area contributed by atoms with Crippen LogP contribution in [0, 0.1) is 6.92 Å². The Morgan fingerprint density at radius 1 is 1.69 bits per heavy atom. The second-order valence-corrected chi connectivity index (χ2v) is 2.66. The van der Waals surface area contributed by atoms with Gasteiger partial charge in [-0.15, -0.1) is 0 Å². The number of pyridine rings is 1. The maximum Gasteiger partial charge on any atom is 0.328 e. The molecule has 0 saturated carbocycles. The molecule has 13 heavy (non-hydrogen) atoms. The lowest BCUT2D eigenvalue weighted by Crippen LogP contribution is -1.95. The van der Waals surface area contributed by atoms with Gasteiger partial charge >= 0.3 is 5.97 Å². The molecule has 0 amide bonds. The number of carbonyl (C=O) groups is 1. The Balaban J connectivity index is 3.00.